The van der Waals surface area contributed by atoms with Gasteiger partial charge in [0.2, 0.25) is 5.91 Å². The van der Waals surface area contributed by atoms with E-state index in [-0.39, 0.29) is 11.2 Å². The molecule has 0 spiro atoms. The number of benzene rings is 1. The molecule has 1 saturated heterocycles. The summed E-state index contributed by atoms with van der Waals surface area (Å²) in [7, 11) is 0. The molecule has 0 aliphatic carbocycles. The number of hydrogen-bond acceptors (Lipinski definition) is 4. The molecule has 6 heteroatoms. The molecule has 1 fully saturated rings. The van der Waals surface area contributed by atoms with Crippen LogP contribution in [0.2, 0.25) is 0 Å². The minimum Gasteiger partial charge on any atom is -0.618 e. The Hall–Kier alpha value is -2.21. The number of hydrogen-bond donors (Lipinski definition) is 1. The van der Waals surface area contributed by atoms with Crippen LogP contribution in [0.5, 0.6) is 0 Å². The predicted molar refractivity (Wildman–Crippen MR) is 102 cm³/mol. The number of aromatic nitrogens is 1. The molecule has 25 heavy (non-hydrogen) atoms. The quantitative estimate of drug-likeness (QED) is 0.506. The van der Waals surface area contributed by atoms with Crippen LogP contribution in [-0.4, -0.2) is 24.2 Å². The minimum atomic E-state index is -0.357. The molecule has 0 unspecified atom stereocenters. The van der Waals surface area contributed by atoms with Crippen molar-refractivity contribution in [3.63, 3.8) is 0 Å². The first kappa shape index (κ1) is 17.6. The summed E-state index contributed by atoms with van der Waals surface area (Å²) >= 11 is 1.25. The van der Waals surface area contributed by atoms with Crippen LogP contribution in [0, 0.1) is 5.21 Å². The minimum absolute atomic E-state index is 0.112. The largest absolute Gasteiger partial charge is 0.618 e. The number of anilines is 2. The van der Waals surface area contributed by atoms with Crippen molar-refractivity contribution in [2.45, 2.75) is 36.5 Å². The van der Waals surface area contributed by atoms with Crippen molar-refractivity contribution in [3.05, 3.63) is 53.9 Å². The summed E-state index contributed by atoms with van der Waals surface area (Å²) in [5, 5.41) is 14.8. The van der Waals surface area contributed by atoms with Gasteiger partial charge in [0.1, 0.15) is 0 Å². The molecule has 3 rings (SSSR count). The number of nitrogens with zero attached hydrogens (tertiary/aromatic N) is 2. The zero-order valence-corrected chi connectivity index (χ0v) is 15.2. The molecule has 1 aromatic heterocycles. The molecule has 0 radical (unpaired) electrons. The molecule has 1 aliphatic heterocycles. The van der Waals surface area contributed by atoms with Crippen LogP contribution in [0.4, 0.5) is 11.4 Å². The zero-order valence-electron chi connectivity index (χ0n) is 14.4. The number of nitrogens with one attached hydrogen (secondary N) is 1. The third kappa shape index (κ3) is 4.66. The molecule has 1 atom stereocenters. The summed E-state index contributed by atoms with van der Waals surface area (Å²) in [5.74, 6) is -0.112. The first-order valence-electron chi connectivity index (χ1n) is 8.64. The molecule has 2 heterocycles. The molecule has 1 aromatic carbocycles. The van der Waals surface area contributed by atoms with Gasteiger partial charge in [-0.1, -0.05) is 0 Å². The lowest BCUT2D eigenvalue weighted by Gasteiger charge is -2.28. The van der Waals surface area contributed by atoms with E-state index < -0.39 is 0 Å². The predicted octanol–water partition coefficient (Wildman–Crippen LogP) is 3.43. The van der Waals surface area contributed by atoms with Gasteiger partial charge in [-0.15, -0.1) is 0 Å². The second-order valence-electron chi connectivity index (χ2n) is 6.21. The van der Waals surface area contributed by atoms with Crippen LogP contribution >= 0.6 is 11.8 Å². The summed E-state index contributed by atoms with van der Waals surface area (Å²) in [6.45, 7) is 4.01. The van der Waals surface area contributed by atoms with Crippen LogP contribution in [0.3, 0.4) is 0 Å². The van der Waals surface area contributed by atoms with E-state index in [9.17, 15) is 10.0 Å². The molecular formula is C19H23N3O2S. The van der Waals surface area contributed by atoms with Crippen LogP contribution in [-0.2, 0) is 4.79 Å². The highest BCUT2D eigenvalue weighted by Crippen LogP contribution is 2.24. The molecule has 5 nitrogen and oxygen atoms in total. The number of carbonyl (C=O) groups excluding carboxylic acids is 1. The average molecular weight is 357 g/mol. The van der Waals surface area contributed by atoms with Crippen molar-refractivity contribution < 1.29 is 9.52 Å². The highest BCUT2D eigenvalue weighted by atomic mass is 32.2. The first-order chi connectivity index (χ1) is 12.1. The van der Waals surface area contributed by atoms with Crippen LogP contribution in [0.15, 0.2) is 53.7 Å². The lowest BCUT2D eigenvalue weighted by atomic mass is 10.1. The summed E-state index contributed by atoms with van der Waals surface area (Å²) in [6.07, 6.45) is 5.23. The van der Waals surface area contributed by atoms with E-state index in [1.165, 1.54) is 42.9 Å². The Morgan fingerprint density at radius 3 is 2.56 bits per heavy atom. The fraction of sp³-hybridized carbons (Fsp3) is 0.368. The van der Waals surface area contributed by atoms with Gasteiger partial charge in [0.05, 0.1) is 5.25 Å². The van der Waals surface area contributed by atoms with Crippen molar-refractivity contribution in [2.75, 3.05) is 23.3 Å². The van der Waals surface area contributed by atoms with Crippen molar-refractivity contribution >= 4 is 29.0 Å². The SMILES string of the molecule is C[C@H](Sc1cccc[n+]1[O-])C(=O)Nc1ccc(N2CCCCC2)cc1. The number of piperidine rings is 1. The molecule has 2 aromatic rings. The molecular weight excluding hydrogens is 334 g/mol. The molecule has 0 saturated carbocycles. The van der Waals surface area contributed by atoms with E-state index in [2.05, 4.69) is 22.3 Å². The maximum absolute atomic E-state index is 12.4. The molecule has 0 bridgehead atoms. The van der Waals surface area contributed by atoms with E-state index in [4.69, 9.17) is 0 Å². The van der Waals surface area contributed by atoms with Gasteiger partial charge in [-0.3, -0.25) is 4.79 Å². The maximum Gasteiger partial charge on any atom is 0.252 e. The highest BCUT2D eigenvalue weighted by Gasteiger charge is 2.19. The lowest BCUT2D eigenvalue weighted by Crippen LogP contribution is -2.30. The van der Waals surface area contributed by atoms with Gasteiger partial charge in [0.15, 0.2) is 6.20 Å². The van der Waals surface area contributed by atoms with Crippen molar-refractivity contribution in [3.8, 4) is 0 Å². The van der Waals surface area contributed by atoms with Gasteiger partial charge in [0.25, 0.3) is 5.03 Å². The standard InChI is InChI=1S/C19H23N3O2S/c1-15(25-18-7-3-6-14-22(18)24)19(23)20-16-8-10-17(11-9-16)21-12-4-2-5-13-21/h3,6-11,14-15H,2,4-5,12-13H2,1H3,(H,20,23)/t15-/m0/s1. The molecule has 132 valence electrons. The zero-order chi connectivity index (χ0) is 17.6. The van der Waals surface area contributed by atoms with E-state index in [0.717, 1.165) is 23.5 Å². The second-order valence-corrected chi connectivity index (χ2v) is 7.57. The average Bonchev–Trinajstić information content (AvgIpc) is 2.65. The Morgan fingerprint density at radius 1 is 1.16 bits per heavy atom. The van der Waals surface area contributed by atoms with Gasteiger partial charge >= 0.3 is 0 Å². The number of thioether (sulfide) groups is 1. The fourth-order valence-corrected chi connectivity index (χ4v) is 3.74. The Morgan fingerprint density at radius 2 is 1.88 bits per heavy atom. The summed E-state index contributed by atoms with van der Waals surface area (Å²) in [4.78, 5) is 14.7. The topological polar surface area (TPSA) is 59.3 Å². The van der Waals surface area contributed by atoms with E-state index in [1.54, 1.807) is 25.1 Å². The summed E-state index contributed by atoms with van der Waals surface area (Å²) in [6, 6.07) is 13.2. The van der Waals surface area contributed by atoms with E-state index in [0.29, 0.717) is 5.03 Å². The van der Waals surface area contributed by atoms with Gasteiger partial charge in [-0.25, -0.2) is 0 Å². The maximum atomic E-state index is 12.4. The molecule has 1 amide bonds. The molecule has 1 N–H and O–H groups in total. The van der Waals surface area contributed by atoms with E-state index >= 15 is 0 Å². The van der Waals surface area contributed by atoms with Crippen LogP contribution < -0.4 is 14.9 Å². The Kier molecular flexibility index (Phi) is 5.81. The van der Waals surface area contributed by atoms with E-state index in [1.807, 2.05) is 12.1 Å². The number of pyridine rings is 1. The van der Waals surface area contributed by atoms with Gasteiger partial charge in [-0.05, 0) is 68.3 Å². The highest BCUT2D eigenvalue weighted by molar-refractivity contribution is 8.00. The van der Waals surface area contributed by atoms with Crippen molar-refractivity contribution in [1.29, 1.82) is 0 Å². The summed E-state index contributed by atoms with van der Waals surface area (Å²) < 4.78 is 0.780. The van der Waals surface area contributed by atoms with Crippen LogP contribution in [0.25, 0.3) is 0 Å². The second kappa shape index (κ2) is 8.25. The van der Waals surface area contributed by atoms with Gasteiger partial charge in [-0.2, -0.15) is 4.73 Å². The first-order valence-corrected chi connectivity index (χ1v) is 9.52. The van der Waals surface area contributed by atoms with Crippen LogP contribution in [0.1, 0.15) is 26.2 Å². The summed E-state index contributed by atoms with van der Waals surface area (Å²) in [5.41, 5.74) is 1.98. The number of rotatable bonds is 5. The van der Waals surface area contributed by atoms with Gasteiger partial charge in [0, 0.05) is 36.6 Å². The third-order valence-electron chi connectivity index (χ3n) is 4.31. The smallest absolute Gasteiger partial charge is 0.252 e. The Labute approximate surface area is 152 Å². The Bertz CT molecular complexity index is 715. The number of carbonyl (C=O) groups is 1. The number of amides is 1. The monoisotopic (exact) mass is 357 g/mol. The lowest BCUT2D eigenvalue weighted by molar-refractivity contribution is -0.645. The fourth-order valence-electron chi connectivity index (χ4n) is 2.89. The third-order valence-corrected chi connectivity index (χ3v) is 5.44. The van der Waals surface area contributed by atoms with Crippen molar-refractivity contribution in [1.82, 2.24) is 0 Å². The molecule has 1 aliphatic rings. The Balaban J connectivity index is 1.57. The van der Waals surface area contributed by atoms with Gasteiger partial charge < -0.3 is 15.4 Å². The van der Waals surface area contributed by atoms with Crippen molar-refractivity contribution in [2.24, 2.45) is 0 Å². The normalized spacial score (nSPS) is 15.6.